The number of ether oxygens (including phenoxy) is 1. The van der Waals surface area contributed by atoms with Gasteiger partial charge in [-0.2, -0.15) is 0 Å². The molecule has 1 N–H and O–H groups in total. The smallest absolute Gasteiger partial charge is 0.165 e. The van der Waals surface area contributed by atoms with Crippen LogP contribution in [0.1, 0.15) is 18.5 Å². The van der Waals surface area contributed by atoms with Gasteiger partial charge in [-0.3, -0.25) is 0 Å². The van der Waals surface area contributed by atoms with Crippen LogP contribution in [0.3, 0.4) is 0 Å². The van der Waals surface area contributed by atoms with E-state index in [1.165, 1.54) is 19.2 Å². The van der Waals surface area contributed by atoms with Crippen molar-refractivity contribution in [2.75, 3.05) is 12.4 Å². The number of benzene rings is 2. The summed E-state index contributed by atoms with van der Waals surface area (Å²) >= 11 is 3.01. The van der Waals surface area contributed by atoms with Gasteiger partial charge in [0.25, 0.3) is 0 Å². The molecule has 1 unspecified atom stereocenters. The van der Waals surface area contributed by atoms with E-state index in [-0.39, 0.29) is 11.4 Å². The van der Waals surface area contributed by atoms with Crippen LogP contribution >= 0.6 is 15.9 Å². The van der Waals surface area contributed by atoms with Crippen LogP contribution < -0.4 is 10.1 Å². The van der Waals surface area contributed by atoms with Crippen molar-refractivity contribution >= 4 is 21.6 Å². The molecule has 0 spiro atoms. The molecule has 0 aromatic heterocycles. The highest BCUT2D eigenvalue weighted by Crippen LogP contribution is 2.29. The highest BCUT2D eigenvalue weighted by atomic mass is 79.9. The first kappa shape index (κ1) is 15.7. The minimum atomic E-state index is -0.720. The number of nitrogens with one attached hydrogen (secondary N) is 1. The zero-order valence-electron chi connectivity index (χ0n) is 11.4. The summed E-state index contributed by atoms with van der Waals surface area (Å²) in [6, 6.07) is 6.21. The van der Waals surface area contributed by atoms with E-state index in [1.54, 1.807) is 13.0 Å². The maximum Gasteiger partial charge on any atom is 0.165 e. The topological polar surface area (TPSA) is 21.3 Å². The predicted molar refractivity (Wildman–Crippen MR) is 79.0 cm³/mol. The normalized spacial score (nSPS) is 12.1. The van der Waals surface area contributed by atoms with Gasteiger partial charge in [0.05, 0.1) is 7.11 Å². The average molecular weight is 360 g/mol. The van der Waals surface area contributed by atoms with E-state index >= 15 is 0 Å². The van der Waals surface area contributed by atoms with Crippen molar-refractivity contribution in [2.24, 2.45) is 0 Å². The summed E-state index contributed by atoms with van der Waals surface area (Å²) < 4.78 is 46.3. The summed E-state index contributed by atoms with van der Waals surface area (Å²) in [6.07, 6.45) is 0. The molecule has 2 aromatic carbocycles. The van der Waals surface area contributed by atoms with E-state index in [1.807, 2.05) is 0 Å². The van der Waals surface area contributed by atoms with Crippen LogP contribution in [0.2, 0.25) is 0 Å². The predicted octanol–water partition coefficient (Wildman–Crippen LogP) is 5.05. The average Bonchev–Trinajstić information content (AvgIpc) is 2.42. The maximum atomic E-state index is 13.8. The molecular formula is C15H13BrF3NO. The number of anilines is 1. The van der Waals surface area contributed by atoms with Crippen molar-refractivity contribution in [2.45, 2.75) is 13.0 Å². The molecule has 2 rings (SSSR count). The number of hydrogen-bond acceptors (Lipinski definition) is 2. The van der Waals surface area contributed by atoms with Crippen molar-refractivity contribution in [3.8, 4) is 5.75 Å². The Balaban J connectivity index is 2.26. The van der Waals surface area contributed by atoms with Crippen LogP contribution in [-0.2, 0) is 0 Å². The quantitative estimate of drug-likeness (QED) is 0.824. The Morgan fingerprint density at radius 1 is 1.05 bits per heavy atom. The first-order valence-corrected chi connectivity index (χ1v) is 6.96. The third-order valence-corrected chi connectivity index (χ3v) is 3.50. The molecule has 0 saturated heterocycles. The number of hydrogen-bond donors (Lipinski definition) is 1. The lowest BCUT2D eigenvalue weighted by Crippen LogP contribution is -2.10. The molecule has 0 amide bonds. The SMILES string of the molecule is COc1ccc(C(C)Nc2c(F)cc(Br)cc2F)cc1F. The second kappa shape index (κ2) is 6.39. The van der Waals surface area contributed by atoms with Gasteiger partial charge in [0.15, 0.2) is 11.6 Å². The summed E-state index contributed by atoms with van der Waals surface area (Å²) in [6.45, 7) is 1.68. The lowest BCUT2D eigenvalue weighted by Gasteiger charge is -2.17. The molecule has 1 atom stereocenters. The zero-order chi connectivity index (χ0) is 15.6. The van der Waals surface area contributed by atoms with Crippen molar-refractivity contribution < 1.29 is 17.9 Å². The largest absolute Gasteiger partial charge is 0.494 e. The molecule has 0 aliphatic rings. The molecule has 2 nitrogen and oxygen atoms in total. The van der Waals surface area contributed by atoms with E-state index in [0.717, 1.165) is 12.1 Å². The van der Waals surface area contributed by atoms with Gasteiger partial charge < -0.3 is 10.1 Å². The summed E-state index contributed by atoms with van der Waals surface area (Å²) in [4.78, 5) is 0. The fraction of sp³-hybridized carbons (Fsp3) is 0.200. The van der Waals surface area contributed by atoms with Crippen LogP contribution in [0.25, 0.3) is 0 Å². The van der Waals surface area contributed by atoms with Gasteiger partial charge in [-0.15, -0.1) is 0 Å². The Labute approximate surface area is 129 Å². The Morgan fingerprint density at radius 2 is 1.67 bits per heavy atom. The Hall–Kier alpha value is -1.69. The van der Waals surface area contributed by atoms with Gasteiger partial charge in [-0.05, 0) is 36.8 Å². The summed E-state index contributed by atoms with van der Waals surface area (Å²) in [5.74, 6) is -1.85. The summed E-state index contributed by atoms with van der Waals surface area (Å²) in [7, 11) is 1.37. The first-order chi connectivity index (χ1) is 9.92. The molecule has 2 aromatic rings. The Morgan fingerprint density at radius 3 is 2.19 bits per heavy atom. The summed E-state index contributed by atoms with van der Waals surface area (Å²) in [5.41, 5.74) is 0.303. The second-order valence-electron chi connectivity index (χ2n) is 4.50. The molecule has 0 radical (unpaired) electrons. The lowest BCUT2D eigenvalue weighted by molar-refractivity contribution is 0.386. The van der Waals surface area contributed by atoms with Crippen molar-refractivity contribution in [3.63, 3.8) is 0 Å². The van der Waals surface area contributed by atoms with Gasteiger partial charge in [0.2, 0.25) is 0 Å². The van der Waals surface area contributed by atoms with Crippen LogP contribution in [-0.4, -0.2) is 7.11 Å². The number of methoxy groups -OCH3 is 1. The molecule has 0 fully saturated rings. The maximum absolute atomic E-state index is 13.8. The summed E-state index contributed by atoms with van der Waals surface area (Å²) in [5, 5.41) is 2.71. The van der Waals surface area contributed by atoms with Gasteiger partial charge in [0, 0.05) is 10.5 Å². The van der Waals surface area contributed by atoms with Gasteiger partial charge in [-0.25, -0.2) is 13.2 Å². The first-order valence-electron chi connectivity index (χ1n) is 6.17. The zero-order valence-corrected chi connectivity index (χ0v) is 13.0. The molecule has 112 valence electrons. The van der Waals surface area contributed by atoms with E-state index in [0.29, 0.717) is 10.0 Å². The fourth-order valence-corrected chi connectivity index (χ4v) is 2.33. The molecule has 0 saturated carbocycles. The third kappa shape index (κ3) is 3.50. The molecule has 21 heavy (non-hydrogen) atoms. The number of rotatable bonds is 4. The van der Waals surface area contributed by atoms with Crippen LogP contribution in [0.4, 0.5) is 18.9 Å². The van der Waals surface area contributed by atoms with Crippen molar-refractivity contribution in [1.29, 1.82) is 0 Å². The highest BCUT2D eigenvalue weighted by Gasteiger charge is 2.15. The monoisotopic (exact) mass is 359 g/mol. The number of halogens is 4. The molecule has 0 bridgehead atoms. The minimum Gasteiger partial charge on any atom is -0.494 e. The van der Waals surface area contributed by atoms with Crippen LogP contribution in [0.15, 0.2) is 34.8 Å². The fourth-order valence-electron chi connectivity index (χ4n) is 1.93. The van der Waals surface area contributed by atoms with E-state index in [2.05, 4.69) is 21.2 Å². The molecular weight excluding hydrogens is 347 g/mol. The Kier molecular flexibility index (Phi) is 4.77. The molecule has 0 heterocycles. The van der Waals surface area contributed by atoms with Gasteiger partial charge >= 0.3 is 0 Å². The van der Waals surface area contributed by atoms with E-state index in [9.17, 15) is 13.2 Å². The molecule has 0 aliphatic heterocycles. The van der Waals surface area contributed by atoms with Crippen molar-refractivity contribution in [3.05, 3.63) is 57.8 Å². The van der Waals surface area contributed by atoms with Crippen LogP contribution in [0.5, 0.6) is 5.75 Å². The minimum absolute atomic E-state index is 0.118. The van der Waals surface area contributed by atoms with E-state index in [4.69, 9.17) is 4.74 Å². The van der Waals surface area contributed by atoms with Gasteiger partial charge in [0.1, 0.15) is 17.3 Å². The van der Waals surface area contributed by atoms with Crippen LogP contribution in [0, 0.1) is 17.5 Å². The van der Waals surface area contributed by atoms with E-state index < -0.39 is 23.5 Å². The Bertz CT molecular complexity index is 640. The molecule has 0 aliphatic carbocycles. The lowest BCUT2D eigenvalue weighted by atomic mass is 10.1. The standard InChI is InChI=1S/C15H13BrF3NO/c1-8(9-3-4-14(21-2)11(17)5-9)20-15-12(18)6-10(16)7-13(15)19/h3-8,20H,1-2H3. The second-order valence-corrected chi connectivity index (χ2v) is 5.42. The molecule has 6 heteroatoms. The third-order valence-electron chi connectivity index (χ3n) is 3.04. The van der Waals surface area contributed by atoms with Gasteiger partial charge in [-0.1, -0.05) is 22.0 Å². The highest BCUT2D eigenvalue weighted by molar-refractivity contribution is 9.10. The van der Waals surface area contributed by atoms with Crippen molar-refractivity contribution in [1.82, 2.24) is 0 Å².